The van der Waals surface area contributed by atoms with Gasteiger partial charge in [-0.3, -0.25) is 19.2 Å². The summed E-state index contributed by atoms with van der Waals surface area (Å²) in [5.74, 6) is -0.841. The predicted molar refractivity (Wildman–Crippen MR) is 222 cm³/mol. The van der Waals surface area contributed by atoms with E-state index in [1.807, 2.05) is 18.2 Å². The van der Waals surface area contributed by atoms with Crippen LogP contribution in [0.2, 0.25) is 0 Å². The van der Waals surface area contributed by atoms with E-state index >= 15 is 0 Å². The van der Waals surface area contributed by atoms with Crippen LogP contribution >= 0.6 is 0 Å². The molecule has 14 heteroatoms. The second-order valence-corrected chi connectivity index (χ2v) is 18.6. The van der Waals surface area contributed by atoms with E-state index in [2.05, 4.69) is 6.07 Å². The second kappa shape index (κ2) is 15.6. The number of anilines is 2. The Hall–Kier alpha value is -5.57. The summed E-state index contributed by atoms with van der Waals surface area (Å²) in [5.41, 5.74) is 2.16. The molecule has 13 nitrogen and oxygen atoms in total. The van der Waals surface area contributed by atoms with Crippen molar-refractivity contribution < 1.29 is 37.8 Å². The van der Waals surface area contributed by atoms with Gasteiger partial charge in [-0.15, -0.1) is 0 Å². The number of carbonyl (C=O) groups is 4. The van der Waals surface area contributed by atoms with Gasteiger partial charge in [0.15, 0.2) is 0 Å². The van der Waals surface area contributed by atoms with E-state index in [1.165, 1.54) is 4.31 Å². The highest BCUT2D eigenvalue weighted by molar-refractivity contribution is 7.93. The molecule has 0 spiro atoms. The average Bonchev–Trinajstić information content (AvgIpc) is 4.21. The van der Waals surface area contributed by atoms with Crippen molar-refractivity contribution in [3.05, 3.63) is 108 Å². The molecule has 8 rings (SSSR count). The molecule has 2 aliphatic carbocycles. The molecule has 4 aromatic rings. The molecule has 0 bridgehead atoms. The number of carbonyl (C=O) groups excluding carboxylic acids is 4. The quantitative estimate of drug-likeness (QED) is 0.240. The standard InChI is InChI=1S/C45H48N5O8S/c1-31(2)59(57,58)50(37-7-5-6-36(30-37)32-10-14-34(15-11-32)40(51)46-22-26-48(27-23-46)42(53)44(55)18-19-44)39-9-4-3-8-38(39)33-12-16-35(17-13-33)41(52)47-24-28-49(29-25-47)43(54)45(56)20-21-45/h4-17,30-31,55-56H,18-29H2,1-2H3. The van der Waals surface area contributed by atoms with Crippen molar-refractivity contribution in [1.29, 1.82) is 0 Å². The van der Waals surface area contributed by atoms with Crippen molar-refractivity contribution in [3.8, 4) is 22.3 Å². The zero-order valence-corrected chi connectivity index (χ0v) is 34.0. The maximum atomic E-state index is 14.2. The number of rotatable bonds is 10. The zero-order valence-electron chi connectivity index (χ0n) is 33.2. The molecule has 2 saturated carbocycles. The van der Waals surface area contributed by atoms with Crippen LogP contribution in [0.25, 0.3) is 22.3 Å². The van der Waals surface area contributed by atoms with Gasteiger partial charge in [0, 0.05) is 69.0 Å². The largest absolute Gasteiger partial charge is 0.380 e. The number of sulfonamides is 1. The van der Waals surface area contributed by atoms with Crippen LogP contribution in [-0.2, 0) is 19.6 Å². The SMILES string of the molecule is CC(C)S(=O)(=O)N(c1cccc(-c2ccc(C(=O)N3CCN(C(=O)C4(O)CC4)CC3)cc2)c1)c1cc[c]cc1-c1ccc(C(=O)N2CCN(C(=O)C3(O)CC3)CC2)cc1. The first-order valence-corrected chi connectivity index (χ1v) is 21.7. The van der Waals surface area contributed by atoms with Gasteiger partial charge in [-0.2, -0.15) is 0 Å². The molecular weight excluding hydrogens is 771 g/mol. The molecular formula is C45H48N5O8S. The highest BCUT2D eigenvalue weighted by Gasteiger charge is 2.51. The summed E-state index contributed by atoms with van der Waals surface area (Å²) in [7, 11) is -3.94. The van der Waals surface area contributed by atoms with Gasteiger partial charge in [0.25, 0.3) is 23.6 Å². The lowest BCUT2D eigenvalue weighted by atomic mass is 10.0. The first-order valence-electron chi connectivity index (χ1n) is 20.2. The van der Waals surface area contributed by atoms with Gasteiger partial charge in [0.1, 0.15) is 11.2 Å². The van der Waals surface area contributed by atoms with E-state index in [9.17, 15) is 37.8 Å². The van der Waals surface area contributed by atoms with Crippen molar-refractivity contribution >= 4 is 45.0 Å². The predicted octanol–water partition coefficient (Wildman–Crippen LogP) is 4.32. The first kappa shape index (κ1) is 40.2. The van der Waals surface area contributed by atoms with E-state index in [0.717, 1.165) is 11.1 Å². The highest BCUT2D eigenvalue weighted by atomic mass is 32.2. The Kier molecular flexibility index (Phi) is 10.6. The maximum absolute atomic E-state index is 14.2. The third-order valence-corrected chi connectivity index (χ3v) is 14.0. The number of aliphatic hydroxyl groups is 2. The van der Waals surface area contributed by atoms with Gasteiger partial charge in [-0.25, -0.2) is 12.7 Å². The third-order valence-electron chi connectivity index (χ3n) is 11.9. The summed E-state index contributed by atoms with van der Waals surface area (Å²) in [6.07, 6.45) is 1.92. The van der Waals surface area contributed by atoms with Gasteiger partial charge in [0.05, 0.1) is 16.6 Å². The second-order valence-electron chi connectivity index (χ2n) is 16.2. The molecule has 2 heterocycles. The minimum Gasteiger partial charge on any atom is -0.380 e. The molecule has 4 aromatic carbocycles. The molecule has 2 N–H and O–H groups in total. The molecule has 4 aliphatic rings. The Labute approximate surface area is 344 Å². The summed E-state index contributed by atoms with van der Waals surface area (Å²) in [5, 5.41) is 19.7. The van der Waals surface area contributed by atoms with Crippen LogP contribution in [0.5, 0.6) is 0 Å². The van der Waals surface area contributed by atoms with E-state index < -0.39 is 26.5 Å². The van der Waals surface area contributed by atoms with Gasteiger partial charge in [0.2, 0.25) is 10.0 Å². The molecule has 2 saturated heterocycles. The Balaban J connectivity index is 0.996. The van der Waals surface area contributed by atoms with Crippen LogP contribution in [0.15, 0.2) is 91.0 Å². The van der Waals surface area contributed by atoms with Gasteiger partial charge >= 0.3 is 0 Å². The Morgan fingerprint density at radius 1 is 0.627 bits per heavy atom. The molecule has 4 fully saturated rings. The van der Waals surface area contributed by atoms with Crippen molar-refractivity contribution in [2.45, 2.75) is 56.0 Å². The Bertz CT molecular complexity index is 2380. The van der Waals surface area contributed by atoms with Crippen molar-refractivity contribution in [2.75, 3.05) is 56.7 Å². The first-order chi connectivity index (χ1) is 28.2. The lowest BCUT2D eigenvalue weighted by Crippen LogP contribution is -2.53. The van der Waals surface area contributed by atoms with Crippen LogP contribution in [0, 0.1) is 6.07 Å². The number of hydrogen-bond acceptors (Lipinski definition) is 8. The normalized spacial score (nSPS) is 18.4. The number of amides is 4. The van der Waals surface area contributed by atoms with Crippen molar-refractivity contribution in [2.24, 2.45) is 0 Å². The highest BCUT2D eigenvalue weighted by Crippen LogP contribution is 2.41. The number of piperazine rings is 2. The summed E-state index contributed by atoms with van der Waals surface area (Å²) in [6, 6.07) is 29.6. The smallest absolute Gasteiger partial charge is 0.254 e. The van der Waals surface area contributed by atoms with Gasteiger partial charge in [-0.1, -0.05) is 42.5 Å². The Morgan fingerprint density at radius 2 is 1.08 bits per heavy atom. The molecule has 59 heavy (non-hydrogen) atoms. The van der Waals surface area contributed by atoms with Crippen LogP contribution in [-0.4, -0.2) is 131 Å². The summed E-state index contributed by atoms with van der Waals surface area (Å²) in [4.78, 5) is 58.7. The monoisotopic (exact) mass is 818 g/mol. The number of benzene rings is 4. The molecule has 0 aromatic heterocycles. The van der Waals surface area contributed by atoms with Crippen molar-refractivity contribution in [1.82, 2.24) is 19.6 Å². The topological polar surface area (TPSA) is 159 Å². The summed E-state index contributed by atoms with van der Waals surface area (Å²) in [6.45, 7) is 6.20. The van der Waals surface area contributed by atoms with Gasteiger partial charge < -0.3 is 29.8 Å². The molecule has 1 radical (unpaired) electrons. The lowest BCUT2D eigenvalue weighted by molar-refractivity contribution is -0.144. The summed E-state index contributed by atoms with van der Waals surface area (Å²) < 4.78 is 29.8. The van der Waals surface area contributed by atoms with Crippen LogP contribution < -0.4 is 4.31 Å². The fourth-order valence-corrected chi connectivity index (χ4v) is 8.98. The molecule has 307 valence electrons. The average molecular weight is 819 g/mol. The van der Waals surface area contributed by atoms with E-state index in [1.54, 1.807) is 106 Å². The molecule has 0 unspecified atom stereocenters. The molecule has 0 atom stereocenters. The fourth-order valence-electron chi connectivity index (χ4n) is 7.72. The minimum atomic E-state index is -3.94. The minimum absolute atomic E-state index is 0.149. The number of hydrogen-bond donors (Lipinski definition) is 2. The lowest BCUT2D eigenvalue weighted by Gasteiger charge is -2.35. The van der Waals surface area contributed by atoms with E-state index in [0.29, 0.717) is 112 Å². The fraction of sp³-hybridized carbons (Fsp3) is 0.378. The van der Waals surface area contributed by atoms with Crippen LogP contribution in [0.4, 0.5) is 11.4 Å². The Morgan fingerprint density at radius 3 is 1.54 bits per heavy atom. The van der Waals surface area contributed by atoms with E-state index in [-0.39, 0.29) is 23.6 Å². The number of nitrogens with zero attached hydrogens (tertiary/aromatic N) is 5. The van der Waals surface area contributed by atoms with Gasteiger partial charge in [-0.05, 0) is 111 Å². The third kappa shape index (κ3) is 7.96. The molecule has 2 aliphatic heterocycles. The zero-order chi connectivity index (χ0) is 41.7. The summed E-state index contributed by atoms with van der Waals surface area (Å²) >= 11 is 0. The molecule has 4 amide bonds. The van der Waals surface area contributed by atoms with Crippen molar-refractivity contribution in [3.63, 3.8) is 0 Å². The van der Waals surface area contributed by atoms with Crippen LogP contribution in [0.3, 0.4) is 0 Å². The van der Waals surface area contributed by atoms with E-state index in [4.69, 9.17) is 0 Å². The van der Waals surface area contributed by atoms with Crippen LogP contribution in [0.1, 0.15) is 60.2 Å². The maximum Gasteiger partial charge on any atom is 0.254 e.